The van der Waals surface area contributed by atoms with E-state index in [4.69, 9.17) is 15.5 Å². The molecule has 0 bridgehead atoms. The second kappa shape index (κ2) is 16.4. The van der Waals surface area contributed by atoms with Crippen molar-refractivity contribution in [2.75, 3.05) is 32.1 Å². The number of aliphatic hydroxyl groups is 2. The number of aliphatic hydroxyl groups excluding tert-OH is 2. The third-order valence-corrected chi connectivity index (χ3v) is 9.49. The molecule has 272 valence electrons. The lowest BCUT2D eigenvalue weighted by atomic mass is 9.91. The number of pyridine rings is 1. The summed E-state index contributed by atoms with van der Waals surface area (Å²) >= 11 is 0. The first-order valence-electron chi connectivity index (χ1n) is 17.1. The second-order valence-electron chi connectivity index (χ2n) is 12.8. The fourth-order valence-electron chi connectivity index (χ4n) is 6.74. The number of imidazole rings is 1. The summed E-state index contributed by atoms with van der Waals surface area (Å²) in [4.78, 5) is 40.0. The first kappa shape index (κ1) is 35.9. The molecular weight excluding hydrogens is 664 g/mol. The van der Waals surface area contributed by atoms with E-state index in [0.29, 0.717) is 48.3 Å². The van der Waals surface area contributed by atoms with Crippen LogP contribution in [0.3, 0.4) is 0 Å². The van der Waals surface area contributed by atoms with Crippen LogP contribution in [0.15, 0.2) is 96.5 Å². The van der Waals surface area contributed by atoms with E-state index in [-0.39, 0.29) is 30.4 Å². The summed E-state index contributed by atoms with van der Waals surface area (Å²) in [5.74, 6) is 0.531. The Kier molecular flexibility index (Phi) is 11.3. The number of hydrogen-bond acceptors (Lipinski definition) is 9. The Hall–Kier alpha value is -5.93. The molecule has 1 aliphatic carbocycles. The summed E-state index contributed by atoms with van der Waals surface area (Å²) in [6.07, 6.45) is 2.46. The van der Waals surface area contributed by atoms with Crippen LogP contribution in [-0.4, -0.2) is 98.8 Å². The minimum absolute atomic E-state index is 0.0557. The van der Waals surface area contributed by atoms with E-state index < -0.39 is 30.4 Å². The Balaban J connectivity index is 1.28. The third kappa shape index (κ3) is 8.33. The summed E-state index contributed by atoms with van der Waals surface area (Å²) in [6.45, 7) is 5.71. The molecular formula is C37H44N10O5. The molecule has 6 rings (SSSR count). The van der Waals surface area contributed by atoms with Crippen molar-refractivity contribution in [3.63, 3.8) is 0 Å². The van der Waals surface area contributed by atoms with Crippen molar-refractivity contribution in [3.05, 3.63) is 113 Å². The number of alkyl carbamates (subject to hydrolysis) is 1. The number of nitrogens with zero attached hydrogens (tertiary/aromatic N) is 5. The van der Waals surface area contributed by atoms with Crippen LogP contribution in [0.5, 0.6) is 0 Å². The second-order valence-corrected chi connectivity index (χ2v) is 12.8. The highest BCUT2D eigenvalue weighted by molar-refractivity contribution is 5.89. The van der Waals surface area contributed by atoms with E-state index in [9.17, 15) is 19.8 Å². The van der Waals surface area contributed by atoms with Crippen LogP contribution in [0.25, 0.3) is 12.4 Å². The SMILES string of the molecule is C=c1/c(=C(\N=C(/N)N2CC[C@H](NC(=O)Nc3cccnc3)C2)NCC(c2ccccc2)c2ccccc2)ncn1[C@@H]1C[C@H](NC(=O)OC)[C@@H](O)[C@H]1O. The lowest BCUT2D eigenvalue weighted by Crippen LogP contribution is -2.43. The van der Waals surface area contributed by atoms with Crippen LogP contribution in [0.4, 0.5) is 15.3 Å². The maximum Gasteiger partial charge on any atom is 0.407 e. The number of hydrogen-bond donors (Lipinski definition) is 7. The topological polar surface area (TPSA) is 204 Å². The van der Waals surface area contributed by atoms with Crippen molar-refractivity contribution in [3.8, 4) is 0 Å². The largest absolute Gasteiger partial charge is 0.453 e. The van der Waals surface area contributed by atoms with Gasteiger partial charge < -0.3 is 51.4 Å². The third-order valence-electron chi connectivity index (χ3n) is 9.49. The molecule has 5 atom stereocenters. The van der Waals surface area contributed by atoms with Gasteiger partial charge in [-0.3, -0.25) is 4.98 Å². The van der Waals surface area contributed by atoms with Gasteiger partial charge in [0.05, 0.1) is 42.8 Å². The number of benzene rings is 2. The number of likely N-dealkylation sites (tertiary alicyclic amines) is 1. The molecule has 15 nitrogen and oxygen atoms in total. The molecule has 1 saturated heterocycles. The molecule has 1 aliphatic heterocycles. The molecule has 0 spiro atoms. The molecule has 8 N–H and O–H groups in total. The number of methoxy groups -OCH3 is 1. The van der Waals surface area contributed by atoms with E-state index in [0.717, 1.165) is 11.1 Å². The number of amides is 3. The van der Waals surface area contributed by atoms with Crippen LogP contribution < -0.4 is 37.7 Å². The van der Waals surface area contributed by atoms with Crippen LogP contribution in [0.2, 0.25) is 0 Å². The highest BCUT2D eigenvalue weighted by Gasteiger charge is 2.43. The van der Waals surface area contributed by atoms with Gasteiger partial charge in [-0.15, -0.1) is 0 Å². The van der Waals surface area contributed by atoms with E-state index >= 15 is 0 Å². The zero-order chi connectivity index (χ0) is 36.6. The summed E-state index contributed by atoms with van der Waals surface area (Å²) in [5, 5.41) is 34.4. The molecule has 2 aromatic carbocycles. The number of anilines is 1. The Morgan fingerprint density at radius 1 is 1.04 bits per heavy atom. The van der Waals surface area contributed by atoms with E-state index in [1.54, 1.807) is 29.1 Å². The number of carbonyl (C=O) groups is 2. The average Bonchev–Trinajstić information content (AvgIpc) is 3.86. The maximum absolute atomic E-state index is 12.6. The summed E-state index contributed by atoms with van der Waals surface area (Å²) in [5.41, 5.74) is 9.44. The molecule has 2 aliphatic rings. The van der Waals surface area contributed by atoms with Gasteiger partial charge in [-0.2, -0.15) is 4.99 Å². The Morgan fingerprint density at radius 3 is 2.40 bits per heavy atom. The smallest absolute Gasteiger partial charge is 0.407 e. The van der Waals surface area contributed by atoms with Crippen molar-refractivity contribution >= 4 is 36.2 Å². The summed E-state index contributed by atoms with van der Waals surface area (Å²) in [6, 6.07) is 21.9. The number of aromatic nitrogens is 3. The number of ether oxygens (including phenoxy) is 1. The number of urea groups is 1. The molecule has 2 fully saturated rings. The first-order chi connectivity index (χ1) is 25.2. The maximum atomic E-state index is 12.6. The molecule has 15 heteroatoms. The quantitative estimate of drug-likeness (QED) is 0.0911. The van der Waals surface area contributed by atoms with Gasteiger partial charge in [0.1, 0.15) is 17.6 Å². The van der Waals surface area contributed by atoms with Gasteiger partial charge in [0.25, 0.3) is 0 Å². The van der Waals surface area contributed by atoms with Gasteiger partial charge in [-0.25, -0.2) is 14.6 Å². The van der Waals surface area contributed by atoms with Gasteiger partial charge >= 0.3 is 12.1 Å². The molecule has 2 aromatic heterocycles. The first-order valence-corrected chi connectivity index (χ1v) is 17.1. The van der Waals surface area contributed by atoms with Crippen LogP contribution in [0.1, 0.15) is 35.9 Å². The van der Waals surface area contributed by atoms with Crippen LogP contribution in [0, 0.1) is 0 Å². The van der Waals surface area contributed by atoms with Crippen molar-refractivity contribution < 1.29 is 24.5 Å². The van der Waals surface area contributed by atoms with E-state index in [1.807, 2.05) is 41.3 Å². The predicted molar refractivity (Wildman–Crippen MR) is 196 cm³/mol. The predicted octanol–water partition coefficient (Wildman–Crippen LogP) is 0.778. The van der Waals surface area contributed by atoms with Gasteiger partial charge in [0.2, 0.25) is 0 Å². The van der Waals surface area contributed by atoms with Crippen molar-refractivity contribution in [2.24, 2.45) is 10.7 Å². The standard InChI is InChI=1S/C37H44N10O5/c1-23-31(41-22-47(23)30-18-29(32(48)33(30)49)44-37(51)52-2)34(40-20-28(24-10-5-3-6-11-24)25-12-7-4-8-13-25)45-35(38)46-17-15-27(21-46)43-36(50)42-26-14-9-16-39-19-26/h3-14,16,19,22,27-30,32-33,40,48-49H,1,15,17-18,20-21H2,2H3,(H2,38,45)(H,44,51)(H2,42,43,50)/b34-31+/t27-,29-,30+,32+,33-/m0/s1. The number of nitrogens with one attached hydrogen (secondary N) is 4. The lowest BCUT2D eigenvalue weighted by Gasteiger charge is -2.21. The minimum atomic E-state index is -1.23. The zero-order valence-electron chi connectivity index (χ0n) is 28.8. The monoisotopic (exact) mass is 708 g/mol. The number of aliphatic imine (C=N–C) groups is 1. The zero-order valence-corrected chi connectivity index (χ0v) is 28.8. The molecule has 52 heavy (non-hydrogen) atoms. The summed E-state index contributed by atoms with van der Waals surface area (Å²) in [7, 11) is 1.23. The van der Waals surface area contributed by atoms with E-state index in [2.05, 4.69) is 62.1 Å². The average molecular weight is 709 g/mol. The fourth-order valence-corrected chi connectivity index (χ4v) is 6.74. The van der Waals surface area contributed by atoms with Gasteiger partial charge in [-0.1, -0.05) is 67.2 Å². The van der Waals surface area contributed by atoms with Gasteiger partial charge in [0.15, 0.2) is 11.8 Å². The number of carbonyl (C=O) groups excluding carboxylic acids is 2. The number of rotatable bonds is 10. The molecule has 1 saturated carbocycles. The van der Waals surface area contributed by atoms with Gasteiger partial charge in [0, 0.05) is 37.8 Å². The van der Waals surface area contributed by atoms with Crippen molar-refractivity contribution in [1.29, 1.82) is 0 Å². The molecule has 4 aromatic rings. The summed E-state index contributed by atoms with van der Waals surface area (Å²) < 4.78 is 6.37. The van der Waals surface area contributed by atoms with Crippen molar-refractivity contribution in [2.45, 2.75) is 49.1 Å². The minimum Gasteiger partial charge on any atom is -0.453 e. The highest BCUT2D eigenvalue weighted by Crippen LogP contribution is 2.30. The molecule has 0 radical (unpaired) electrons. The van der Waals surface area contributed by atoms with E-state index in [1.165, 1.54) is 13.4 Å². The fraction of sp³-hybridized carbons (Fsp3) is 0.324. The number of guanidine groups is 1. The normalized spacial score (nSPS) is 22.2. The Labute approximate surface area is 300 Å². The Bertz CT molecular complexity index is 1920. The Morgan fingerprint density at radius 2 is 1.75 bits per heavy atom. The molecule has 3 amide bonds. The molecule has 0 unspecified atom stereocenters. The highest BCUT2D eigenvalue weighted by atomic mass is 16.5. The van der Waals surface area contributed by atoms with Crippen LogP contribution >= 0.6 is 0 Å². The molecule has 3 heterocycles. The van der Waals surface area contributed by atoms with Gasteiger partial charge in [-0.05, 0) is 36.1 Å². The number of nitrogens with two attached hydrogens (primary N) is 1. The van der Waals surface area contributed by atoms with Crippen LogP contribution in [-0.2, 0) is 4.74 Å². The lowest BCUT2D eigenvalue weighted by molar-refractivity contribution is 0.0133. The van der Waals surface area contributed by atoms with Crippen molar-refractivity contribution in [1.82, 2.24) is 35.4 Å².